The van der Waals surface area contributed by atoms with E-state index in [1.165, 1.54) is 28.4 Å². The predicted molar refractivity (Wildman–Crippen MR) is 114 cm³/mol. The van der Waals surface area contributed by atoms with Crippen molar-refractivity contribution in [2.75, 3.05) is 18.1 Å². The van der Waals surface area contributed by atoms with E-state index in [0.29, 0.717) is 41.1 Å². The van der Waals surface area contributed by atoms with Crippen molar-refractivity contribution in [3.8, 4) is 0 Å². The van der Waals surface area contributed by atoms with Crippen LogP contribution in [-0.2, 0) is 19.2 Å². The molecular formula is C20H20N5NaO5S2. The number of carboxylic acid groups (broad SMARTS) is 1. The molecule has 1 aromatic heterocycles. The molecule has 168 valence electrons. The number of hydrogen-bond donors (Lipinski definition) is 2. The first kappa shape index (κ1) is 24.4. The smallest absolute Gasteiger partial charge is 0.543 e. The Kier molecular flexibility index (Phi) is 7.29. The molecule has 2 saturated heterocycles. The van der Waals surface area contributed by atoms with Gasteiger partial charge in [-0.2, -0.15) is 0 Å². The summed E-state index contributed by atoms with van der Waals surface area (Å²) in [6.07, 6.45) is 7.43. The van der Waals surface area contributed by atoms with Gasteiger partial charge in [0.05, 0.1) is 17.4 Å². The van der Waals surface area contributed by atoms with Gasteiger partial charge in [-0.15, -0.1) is 11.8 Å². The molecule has 0 spiro atoms. The van der Waals surface area contributed by atoms with Crippen molar-refractivity contribution in [2.45, 2.75) is 41.9 Å². The average Bonchev–Trinajstić information content (AvgIpc) is 3.35. The van der Waals surface area contributed by atoms with E-state index in [0.717, 1.165) is 12.8 Å². The minimum absolute atomic E-state index is 0. The van der Waals surface area contributed by atoms with Crippen molar-refractivity contribution in [1.82, 2.24) is 25.1 Å². The molecule has 13 heteroatoms. The Morgan fingerprint density at radius 3 is 2.82 bits per heavy atom. The maximum absolute atomic E-state index is 12.7. The van der Waals surface area contributed by atoms with Gasteiger partial charge in [-0.3, -0.25) is 19.3 Å². The van der Waals surface area contributed by atoms with Gasteiger partial charge in [0, 0.05) is 36.3 Å². The van der Waals surface area contributed by atoms with Gasteiger partial charge in [0.1, 0.15) is 11.4 Å². The first-order chi connectivity index (χ1) is 15.4. The number of hydrogen-bond acceptors (Lipinski definition) is 8. The number of rotatable bonds is 7. The molecule has 33 heavy (non-hydrogen) atoms. The van der Waals surface area contributed by atoms with Crippen LogP contribution < -0.4 is 40.0 Å². The van der Waals surface area contributed by atoms with Crippen molar-refractivity contribution < 1.29 is 53.8 Å². The van der Waals surface area contributed by atoms with Gasteiger partial charge in [-0.1, -0.05) is 11.8 Å². The molecule has 1 saturated carbocycles. The zero-order chi connectivity index (χ0) is 22.4. The SMILES string of the molecule is O=C(CSc1ncc[nH]1)N[C@@H]1C(=O)N2C(C(=O)[O-])=C(/C=C3\CCN(C4CC4)C3=O)CS[C@H]12.[Na+]. The fraction of sp³-hybridized carbons (Fsp3) is 0.450. The van der Waals surface area contributed by atoms with E-state index in [-0.39, 0.29) is 52.8 Å². The number of imidazole rings is 1. The van der Waals surface area contributed by atoms with Crippen molar-refractivity contribution in [3.63, 3.8) is 0 Å². The van der Waals surface area contributed by atoms with Crippen LogP contribution in [0.5, 0.6) is 0 Å². The van der Waals surface area contributed by atoms with Crippen LogP contribution in [0.4, 0.5) is 0 Å². The molecule has 1 aliphatic carbocycles. The third-order valence-corrected chi connectivity index (χ3v) is 8.02. The number of aliphatic carboxylic acids is 1. The van der Waals surface area contributed by atoms with E-state index in [4.69, 9.17) is 0 Å². The van der Waals surface area contributed by atoms with Gasteiger partial charge in [0.25, 0.3) is 5.91 Å². The number of amides is 3. The number of likely N-dealkylation sites (tertiary alicyclic amines) is 1. The molecular weight excluding hydrogens is 477 g/mol. The Hall–Kier alpha value is -1.73. The molecule has 4 heterocycles. The second-order valence-corrected chi connectivity index (χ2v) is 10.0. The molecule has 5 rings (SSSR count). The van der Waals surface area contributed by atoms with Gasteiger partial charge in [-0.25, -0.2) is 4.98 Å². The summed E-state index contributed by atoms with van der Waals surface area (Å²) in [6, 6.07) is -0.493. The average molecular weight is 498 g/mol. The van der Waals surface area contributed by atoms with Gasteiger partial charge in [0.2, 0.25) is 11.8 Å². The summed E-state index contributed by atoms with van der Waals surface area (Å²) in [5.41, 5.74) is 0.760. The fourth-order valence-corrected chi connectivity index (χ4v) is 6.08. The molecule has 1 aromatic rings. The number of fused-ring (bicyclic) bond motifs is 1. The van der Waals surface area contributed by atoms with E-state index >= 15 is 0 Å². The van der Waals surface area contributed by atoms with Gasteiger partial charge < -0.3 is 25.1 Å². The van der Waals surface area contributed by atoms with Crippen LogP contribution in [0, 0.1) is 0 Å². The Morgan fingerprint density at radius 1 is 1.36 bits per heavy atom. The summed E-state index contributed by atoms with van der Waals surface area (Å²) >= 11 is 2.57. The summed E-state index contributed by atoms with van der Waals surface area (Å²) in [7, 11) is 0. The van der Waals surface area contributed by atoms with Crippen LogP contribution in [0.15, 0.2) is 40.5 Å². The maximum Gasteiger partial charge on any atom is 1.00 e. The molecule has 3 amide bonds. The number of aromatic amines is 1. The largest absolute Gasteiger partial charge is 1.00 e. The number of aromatic nitrogens is 2. The van der Waals surface area contributed by atoms with Crippen LogP contribution in [0.1, 0.15) is 19.3 Å². The number of carbonyl (C=O) groups is 4. The monoisotopic (exact) mass is 497 g/mol. The number of H-pyrrole nitrogens is 1. The van der Waals surface area contributed by atoms with E-state index in [1.807, 2.05) is 4.90 Å². The minimum Gasteiger partial charge on any atom is -0.543 e. The number of carbonyl (C=O) groups excluding carboxylic acids is 4. The Balaban J connectivity index is 0.00000259. The van der Waals surface area contributed by atoms with E-state index in [2.05, 4.69) is 15.3 Å². The summed E-state index contributed by atoms with van der Waals surface area (Å²) in [5.74, 6) is -1.96. The summed E-state index contributed by atoms with van der Waals surface area (Å²) in [4.78, 5) is 59.4. The second kappa shape index (κ2) is 9.87. The second-order valence-electron chi connectivity index (χ2n) is 7.95. The van der Waals surface area contributed by atoms with Crippen LogP contribution >= 0.6 is 23.5 Å². The number of nitrogens with one attached hydrogen (secondary N) is 2. The third kappa shape index (κ3) is 4.76. The number of β-lactam (4-membered cyclic amide) rings is 1. The van der Waals surface area contributed by atoms with Gasteiger partial charge in [0.15, 0.2) is 5.16 Å². The predicted octanol–water partition coefficient (Wildman–Crippen LogP) is -3.77. The molecule has 0 aromatic carbocycles. The Bertz CT molecular complexity index is 1060. The Labute approximate surface area is 220 Å². The van der Waals surface area contributed by atoms with Crippen LogP contribution in [0.2, 0.25) is 0 Å². The first-order valence-corrected chi connectivity index (χ1v) is 12.3. The summed E-state index contributed by atoms with van der Waals surface area (Å²) in [5, 5.41) is 14.7. The minimum atomic E-state index is -1.46. The Morgan fingerprint density at radius 2 is 2.15 bits per heavy atom. The van der Waals surface area contributed by atoms with Crippen LogP contribution in [0.3, 0.4) is 0 Å². The van der Waals surface area contributed by atoms with Crippen molar-refractivity contribution in [1.29, 1.82) is 0 Å². The molecule has 2 atom stereocenters. The molecule has 10 nitrogen and oxygen atoms in total. The number of carboxylic acids is 1. The van der Waals surface area contributed by atoms with Gasteiger partial charge >= 0.3 is 29.6 Å². The quantitative estimate of drug-likeness (QED) is 0.170. The molecule has 3 aliphatic heterocycles. The standard InChI is InChI=1S/C20H21N5O5S2.Na/c26-13(9-32-20-21-4-5-22-20)23-14-17(28)25-15(19(29)30)11(8-31-18(14)25)7-10-3-6-24(16(10)27)12-1-2-12;/h4-5,7,12,14,18H,1-3,6,8-9H2,(H,21,22)(H,23,26)(H,29,30);/q;+1/p-1/b10-7+;/t14-,18-;/m1./s1. The van der Waals surface area contributed by atoms with E-state index in [9.17, 15) is 24.3 Å². The van der Waals surface area contributed by atoms with Crippen molar-refractivity contribution in [2.24, 2.45) is 0 Å². The first-order valence-electron chi connectivity index (χ1n) is 10.3. The molecule has 2 N–H and O–H groups in total. The number of allylic oxidation sites excluding steroid dienone is 1. The van der Waals surface area contributed by atoms with E-state index < -0.39 is 23.3 Å². The van der Waals surface area contributed by atoms with E-state index in [1.54, 1.807) is 18.5 Å². The molecule has 0 radical (unpaired) electrons. The third-order valence-electron chi connectivity index (χ3n) is 5.81. The van der Waals surface area contributed by atoms with Crippen LogP contribution in [-0.4, -0.2) is 79.0 Å². The van der Waals surface area contributed by atoms with Gasteiger partial charge in [-0.05, 0) is 30.9 Å². The fourth-order valence-electron chi connectivity index (χ4n) is 4.13. The molecule has 0 unspecified atom stereocenters. The van der Waals surface area contributed by atoms with Crippen molar-refractivity contribution in [3.05, 3.63) is 35.3 Å². The summed E-state index contributed by atoms with van der Waals surface area (Å²) in [6.45, 7) is 0.645. The topological polar surface area (TPSA) is 139 Å². The molecule has 0 bridgehead atoms. The number of thioether (sulfide) groups is 2. The summed E-state index contributed by atoms with van der Waals surface area (Å²) < 4.78 is 0. The van der Waals surface area contributed by atoms with Crippen molar-refractivity contribution >= 4 is 47.2 Å². The zero-order valence-electron chi connectivity index (χ0n) is 17.9. The van der Waals surface area contributed by atoms with Crippen LogP contribution in [0.25, 0.3) is 0 Å². The maximum atomic E-state index is 12.7. The molecule has 4 aliphatic rings. The normalized spacial score (nSPS) is 25.6. The number of nitrogens with zero attached hydrogens (tertiary/aromatic N) is 3. The zero-order valence-corrected chi connectivity index (χ0v) is 21.5. The molecule has 3 fully saturated rings.